The van der Waals surface area contributed by atoms with Crippen molar-refractivity contribution >= 4 is 0 Å². The predicted molar refractivity (Wildman–Crippen MR) is 63.9 cm³/mol. The van der Waals surface area contributed by atoms with Crippen LogP contribution in [0.25, 0.3) is 0 Å². The molecule has 0 aromatic rings. The molecule has 1 aliphatic heterocycles. The quantitative estimate of drug-likeness (QED) is 0.591. The first-order valence-corrected chi connectivity index (χ1v) is 5.27. The van der Waals surface area contributed by atoms with E-state index >= 15 is 0 Å². The summed E-state index contributed by atoms with van der Waals surface area (Å²) in [5, 5.41) is 3.72. The normalized spacial score (nSPS) is 25.3. The molecule has 0 atom stereocenters. The van der Waals surface area contributed by atoms with Gasteiger partial charge in [-0.2, -0.15) is 0 Å². The van der Waals surface area contributed by atoms with Crippen molar-refractivity contribution in [3.8, 4) is 0 Å². The second-order valence-corrected chi connectivity index (χ2v) is 3.96. The van der Waals surface area contributed by atoms with Crippen molar-refractivity contribution in [3.63, 3.8) is 0 Å². The minimum atomic E-state index is 0. The van der Waals surface area contributed by atoms with Crippen LogP contribution in [-0.4, -0.2) is 0 Å². The summed E-state index contributed by atoms with van der Waals surface area (Å²) in [5.74, 6) is 7.34. The summed E-state index contributed by atoms with van der Waals surface area (Å²) in [6, 6.07) is 0. The van der Waals surface area contributed by atoms with Crippen LogP contribution in [0.1, 0.15) is 34.6 Å². The largest absolute Gasteiger partial charge is 2.00 e. The Labute approximate surface area is 113 Å². The zero-order chi connectivity index (χ0) is 11.4. The van der Waals surface area contributed by atoms with Gasteiger partial charge in [-0.25, -0.2) is 5.32 Å². The summed E-state index contributed by atoms with van der Waals surface area (Å²) in [6.45, 7) is 14.5. The SMILES string of the molecule is C[C]1[C](C)[C](C)[C](C)[C]1C.[CH]1[CH][CH][N][CH]1.[Fe+2]. The molecule has 0 bridgehead atoms. The first-order chi connectivity index (χ1) is 7.05. The smallest absolute Gasteiger partial charge is 0.231 e. The molecule has 86 valence electrons. The van der Waals surface area contributed by atoms with Crippen molar-refractivity contribution in [2.45, 2.75) is 34.6 Å². The van der Waals surface area contributed by atoms with Gasteiger partial charge in [0, 0.05) is 13.1 Å². The number of rotatable bonds is 0. The average Bonchev–Trinajstić information content (AvgIpc) is 2.86. The van der Waals surface area contributed by atoms with Gasteiger partial charge in [-0.05, 0) is 42.4 Å². The van der Waals surface area contributed by atoms with E-state index in [0.29, 0.717) is 0 Å². The Kier molecular flexibility index (Phi) is 7.97. The zero-order valence-corrected chi connectivity index (χ0v) is 11.7. The van der Waals surface area contributed by atoms with Gasteiger partial charge in [0.25, 0.3) is 0 Å². The summed E-state index contributed by atoms with van der Waals surface area (Å²) >= 11 is 0. The fourth-order valence-corrected chi connectivity index (χ4v) is 1.65. The van der Waals surface area contributed by atoms with Crippen LogP contribution in [0, 0.1) is 55.5 Å². The molecule has 1 saturated carbocycles. The van der Waals surface area contributed by atoms with Crippen LogP contribution in [0.3, 0.4) is 0 Å². The molecule has 0 unspecified atom stereocenters. The molecule has 0 N–H and O–H groups in total. The van der Waals surface area contributed by atoms with Gasteiger partial charge >= 0.3 is 17.1 Å². The van der Waals surface area contributed by atoms with E-state index in [1.54, 1.807) is 13.1 Å². The summed E-state index contributed by atoms with van der Waals surface area (Å²) in [4.78, 5) is 0. The fourth-order valence-electron chi connectivity index (χ4n) is 1.65. The summed E-state index contributed by atoms with van der Waals surface area (Å²) < 4.78 is 0. The first kappa shape index (κ1) is 16.5. The number of nitrogens with zero attached hydrogens (tertiary/aromatic N) is 1. The molecule has 0 aromatic carbocycles. The molecule has 2 fully saturated rings. The molecule has 1 saturated heterocycles. The molecular weight excluding hydrogens is 238 g/mol. The van der Waals surface area contributed by atoms with Crippen molar-refractivity contribution < 1.29 is 17.1 Å². The Hall–Kier alpha value is 0.479. The van der Waals surface area contributed by atoms with E-state index in [-0.39, 0.29) is 17.1 Å². The van der Waals surface area contributed by atoms with Crippen molar-refractivity contribution in [1.82, 2.24) is 5.32 Å². The van der Waals surface area contributed by atoms with Gasteiger partial charge in [0.2, 0.25) is 0 Å². The summed E-state index contributed by atoms with van der Waals surface area (Å²) in [7, 11) is 0. The van der Waals surface area contributed by atoms with E-state index in [2.05, 4.69) is 39.9 Å². The maximum absolute atomic E-state index is 3.72. The van der Waals surface area contributed by atoms with Crippen molar-refractivity contribution in [2.24, 2.45) is 0 Å². The summed E-state index contributed by atoms with van der Waals surface area (Å²) in [6.07, 6.45) is 3.78. The molecule has 10 radical (unpaired) electrons. The van der Waals surface area contributed by atoms with Gasteiger partial charge in [0.1, 0.15) is 0 Å². The Morgan fingerprint density at radius 1 is 0.625 bits per heavy atom. The Balaban J connectivity index is 0.000000318. The monoisotopic (exact) mass is 257 g/mol. The maximum Gasteiger partial charge on any atom is 2.00 e. The van der Waals surface area contributed by atoms with Crippen molar-refractivity contribution in [3.05, 3.63) is 55.5 Å². The maximum atomic E-state index is 3.72. The van der Waals surface area contributed by atoms with Gasteiger partial charge in [-0.15, -0.1) is 0 Å². The Bertz CT molecular complexity index is 127. The van der Waals surface area contributed by atoms with Crippen LogP contribution in [0.15, 0.2) is 0 Å². The zero-order valence-electron chi connectivity index (χ0n) is 10.6. The van der Waals surface area contributed by atoms with E-state index in [0.717, 1.165) is 0 Å². The second kappa shape index (κ2) is 7.74. The molecule has 0 spiro atoms. The molecule has 2 heteroatoms. The molecule has 1 heterocycles. The second-order valence-electron chi connectivity index (χ2n) is 3.96. The summed E-state index contributed by atoms with van der Waals surface area (Å²) in [5.41, 5.74) is 0. The topological polar surface area (TPSA) is 14.1 Å². The van der Waals surface area contributed by atoms with E-state index in [1.165, 1.54) is 29.6 Å². The van der Waals surface area contributed by atoms with Crippen molar-refractivity contribution in [2.75, 3.05) is 0 Å². The fraction of sp³-hybridized carbons (Fsp3) is 0.357. The standard InChI is InChI=1S/C10H15.C4H4N.Fe/c1-6-7(2)9(4)10(5)8(6)3;1-2-4-5-3-1;/h1-5H3;1-4H;/q;;+2. The number of hydrogen-bond acceptors (Lipinski definition) is 0. The van der Waals surface area contributed by atoms with Gasteiger partial charge in [-0.1, -0.05) is 34.6 Å². The van der Waals surface area contributed by atoms with E-state index < -0.39 is 0 Å². The minimum Gasteiger partial charge on any atom is -0.231 e. The first-order valence-electron chi connectivity index (χ1n) is 5.27. The van der Waals surface area contributed by atoms with Crippen LogP contribution in [-0.2, 0) is 17.1 Å². The molecule has 0 amide bonds. The Morgan fingerprint density at radius 2 is 0.875 bits per heavy atom. The van der Waals surface area contributed by atoms with Gasteiger partial charge in [-0.3, -0.25) is 0 Å². The van der Waals surface area contributed by atoms with E-state index in [9.17, 15) is 0 Å². The third-order valence-corrected chi connectivity index (χ3v) is 3.27. The van der Waals surface area contributed by atoms with E-state index in [1.807, 2.05) is 12.8 Å². The third-order valence-electron chi connectivity index (χ3n) is 3.27. The van der Waals surface area contributed by atoms with Gasteiger partial charge < -0.3 is 0 Å². The van der Waals surface area contributed by atoms with Gasteiger partial charge in [0.15, 0.2) is 0 Å². The van der Waals surface area contributed by atoms with E-state index in [4.69, 9.17) is 0 Å². The molecule has 1 aliphatic carbocycles. The minimum absolute atomic E-state index is 0. The predicted octanol–water partition coefficient (Wildman–Crippen LogP) is 3.31. The molecule has 16 heavy (non-hydrogen) atoms. The average molecular weight is 257 g/mol. The molecule has 0 aromatic heterocycles. The molecule has 2 rings (SSSR count). The van der Waals surface area contributed by atoms with Crippen LogP contribution in [0.5, 0.6) is 0 Å². The Morgan fingerprint density at radius 3 is 1.00 bits per heavy atom. The molecular formula is C14H19FeN+2. The number of hydrogen-bond donors (Lipinski definition) is 0. The van der Waals surface area contributed by atoms with Crippen LogP contribution < -0.4 is 5.32 Å². The van der Waals surface area contributed by atoms with Crippen LogP contribution in [0.2, 0.25) is 0 Å². The van der Waals surface area contributed by atoms with Crippen LogP contribution >= 0.6 is 0 Å². The third kappa shape index (κ3) is 4.05. The van der Waals surface area contributed by atoms with Gasteiger partial charge in [0.05, 0.1) is 0 Å². The van der Waals surface area contributed by atoms with Crippen LogP contribution in [0.4, 0.5) is 0 Å². The van der Waals surface area contributed by atoms with Crippen molar-refractivity contribution in [1.29, 1.82) is 0 Å². The molecule has 1 nitrogen and oxygen atoms in total. The molecule has 2 aliphatic rings.